The molecule has 4 rings (SSSR count). The Morgan fingerprint density at radius 3 is 2.60 bits per heavy atom. The highest BCUT2D eigenvalue weighted by Crippen LogP contribution is 2.48. The van der Waals surface area contributed by atoms with Crippen LogP contribution in [-0.2, 0) is 0 Å². The highest BCUT2D eigenvalue weighted by Gasteiger charge is 2.45. The first kappa shape index (κ1) is 16.6. The molecule has 2 aliphatic heterocycles. The number of thioether (sulfide) groups is 1. The lowest BCUT2D eigenvalue weighted by Gasteiger charge is -2.32. The molecule has 3 nitrogen and oxygen atoms in total. The van der Waals surface area contributed by atoms with Crippen LogP contribution < -0.4 is 0 Å². The van der Waals surface area contributed by atoms with Crippen molar-refractivity contribution in [2.45, 2.75) is 51.2 Å². The number of aromatic nitrogens is 1. The molecular formula is C21H25N3S. The predicted octanol–water partition coefficient (Wildman–Crippen LogP) is 5.18. The highest BCUT2D eigenvalue weighted by molar-refractivity contribution is 8.14. The third kappa shape index (κ3) is 2.97. The van der Waals surface area contributed by atoms with Crippen molar-refractivity contribution in [2.24, 2.45) is 4.99 Å². The van der Waals surface area contributed by atoms with Crippen molar-refractivity contribution in [1.82, 2.24) is 9.88 Å². The van der Waals surface area contributed by atoms with Crippen molar-refractivity contribution < 1.29 is 0 Å². The summed E-state index contributed by atoms with van der Waals surface area (Å²) in [6.07, 6.45) is 3.03. The van der Waals surface area contributed by atoms with E-state index in [-0.39, 0.29) is 12.1 Å². The van der Waals surface area contributed by atoms with Crippen molar-refractivity contribution in [3.8, 4) is 0 Å². The minimum atomic E-state index is 0.0861. The monoisotopic (exact) mass is 351 g/mol. The van der Waals surface area contributed by atoms with E-state index in [2.05, 4.69) is 67.1 Å². The fraction of sp³-hybridized carbons (Fsp3) is 0.429. The Morgan fingerprint density at radius 1 is 1.16 bits per heavy atom. The maximum absolute atomic E-state index is 5.08. The van der Waals surface area contributed by atoms with Gasteiger partial charge in [-0.2, -0.15) is 0 Å². The fourth-order valence-corrected chi connectivity index (χ4v) is 5.13. The summed E-state index contributed by atoms with van der Waals surface area (Å²) in [4.78, 5) is 12.2. The zero-order valence-electron chi connectivity index (χ0n) is 15.1. The second kappa shape index (κ2) is 6.83. The normalized spacial score (nSPS) is 25.4. The smallest absolute Gasteiger partial charge is 0.160 e. The van der Waals surface area contributed by atoms with E-state index in [0.29, 0.717) is 12.0 Å². The first-order valence-electron chi connectivity index (χ1n) is 9.18. The summed E-state index contributed by atoms with van der Waals surface area (Å²) in [5, 5.41) is 1.19. The van der Waals surface area contributed by atoms with Crippen molar-refractivity contribution in [3.63, 3.8) is 0 Å². The molecule has 130 valence electrons. The van der Waals surface area contributed by atoms with Gasteiger partial charge in [-0.25, -0.2) is 0 Å². The number of amidine groups is 1. The minimum absolute atomic E-state index is 0.0861. The highest BCUT2D eigenvalue weighted by atomic mass is 32.2. The Labute approximate surface area is 154 Å². The van der Waals surface area contributed by atoms with Crippen LogP contribution in [0.1, 0.15) is 62.0 Å². The third-order valence-electron chi connectivity index (χ3n) is 5.27. The number of nitrogens with zero attached hydrogens (tertiary/aromatic N) is 3. The average molecular weight is 352 g/mol. The topological polar surface area (TPSA) is 28.5 Å². The molecule has 0 amide bonds. The third-order valence-corrected chi connectivity index (χ3v) is 6.40. The van der Waals surface area contributed by atoms with Gasteiger partial charge in [0.25, 0.3) is 0 Å². The zero-order chi connectivity index (χ0) is 17.4. The largest absolute Gasteiger partial charge is 0.338 e. The summed E-state index contributed by atoms with van der Waals surface area (Å²) >= 11 is 1.90. The van der Waals surface area contributed by atoms with Crippen LogP contribution in [0.15, 0.2) is 53.7 Å². The predicted molar refractivity (Wildman–Crippen MR) is 106 cm³/mol. The maximum atomic E-state index is 5.08. The molecule has 0 saturated carbocycles. The van der Waals surface area contributed by atoms with Gasteiger partial charge < -0.3 is 4.90 Å². The molecule has 0 N–H and O–H groups in total. The second-order valence-corrected chi connectivity index (χ2v) is 8.14. The lowest BCUT2D eigenvalue weighted by molar-refractivity contribution is 0.255. The number of rotatable bonds is 4. The van der Waals surface area contributed by atoms with Gasteiger partial charge in [0, 0.05) is 18.0 Å². The van der Waals surface area contributed by atoms with Crippen LogP contribution in [-0.4, -0.2) is 26.8 Å². The molecule has 25 heavy (non-hydrogen) atoms. The number of hydrogen-bond donors (Lipinski definition) is 0. The van der Waals surface area contributed by atoms with Crippen molar-refractivity contribution in [1.29, 1.82) is 0 Å². The molecule has 2 aromatic rings. The van der Waals surface area contributed by atoms with Crippen LogP contribution >= 0.6 is 11.8 Å². The van der Waals surface area contributed by atoms with E-state index in [1.807, 2.05) is 24.0 Å². The van der Waals surface area contributed by atoms with E-state index in [1.54, 1.807) is 0 Å². The summed E-state index contributed by atoms with van der Waals surface area (Å²) in [7, 11) is 0. The molecular weight excluding hydrogens is 326 g/mol. The van der Waals surface area contributed by atoms with Crippen molar-refractivity contribution >= 4 is 16.9 Å². The molecule has 0 radical (unpaired) electrons. The Bertz CT molecular complexity index is 754. The summed E-state index contributed by atoms with van der Waals surface area (Å²) in [5.74, 6) is 1.70. The Kier molecular flexibility index (Phi) is 4.55. The van der Waals surface area contributed by atoms with Crippen LogP contribution in [0.3, 0.4) is 0 Å². The Morgan fingerprint density at radius 2 is 1.96 bits per heavy atom. The van der Waals surface area contributed by atoms with Crippen LogP contribution in [0, 0.1) is 0 Å². The van der Waals surface area contributed by atoms with E-state index in [1.165, 1.54) is 16.3 Å². The zero-order valence-corrected chi connectivity index (χ0v) is 15.9. The maximum Gasteiger partial charge on any atom is 0.160 e. The molecule has 3 heterocycles. The van der Waals surface area contributed by atoms with E-state index in [4.69, 9.17) is 4.99 Å². The van der Waals surface area contributed by atoms with E-state index in [9.17, 15) is 0 Å². The van der Waals surface area contributed by atoms with Gasteiger partial charge in [-0.05, 0) is 35.6 Å². The molecule has 4 heteroatoms. The van der Waals surface area contributed by atoms with Crippen LogP contribution in [0.5, 0.6) is 0 Å². The van der Waals surface area contributed by atoms with E-state index < -0.39 is 0 Å². The number of fused-ring (bicyclic) bond motifs is 1. The Balaban J connectivity index is 1.75. The van der Waals surface area contributed by atoms with Gasteiger partial charge in [0.2, 0.25) is 0 Å². The van der Waals surface area contributed by atoms with Crippen LogP contribution in [0.25, 0.3) is 0 Å². The van der Waals surface area contributed by atoms with Gasteiger partial charge in [-0.15, -0.1) is 0 Å². The van der Waals surface area contributed by atoms with Gasteiger partial charge in [-0.3, -0.25) is 9.98 Å². The first-order valence-corrected chi connectivity index (χ1v) is 10.2. The number of aliphatic imine (C=N–C) groups is 1. The molecule has 2 aliphatic rings. The molecule has 1 aromatic carbocycles. The SMILES string of the molecule is CC[C@@H]1CSC2=N[C@@H](c3ccccn3)[C@H](c3ccc(C(C)C)cc3)N21. The fourth-order valence-electron chi connectivity index (χ4n) is 3.79. The standard InChI is InChI=1S/C21H25N3S/c1-4-17-13-25-21-23-19(18-7-5-6-12-22-18)20(24(17)21)16-10-8-15(9-11-16)14(2)3/h5-12,14,17,19-20H,4,13H2,1-3H3/t17-,19+,20+/m1/s1. The molecule has 1 saturated heterocycles. The first-order chi connectivity index (χ1) is 12.2. The minimum Gasteiger partial charge on any atom is -0.338 e. The summed E-state index contributed by atoms with van der Waals surface area (Å²) in [5.41, 5.74) is 3.80. The van der Waals surface area contributed by atoms with Gasteiger partial charge in [0.15, 0.2) is 5.17 Å². The van der Waals surface area contributed by atoms with Gasteiger partial charge in [0.1, 0.15) is 6.04 Å². The molecule has 0 unspecified atom stereocenters. The number of hydrogen-bond acceptors (Lipinski definition) is 4. The lowest BCUT2D eigenvalue weighted by Crippen LogP contribution is -2.35. The van der Waals surface area contributed by atoms with Crippen LogP contribution in [0.4, 0.5) is 0 Å². The van der Waals surface area contributed by atoms with Crippen molar-refractivity contribution in [3.05, 3.63) is 65.5 Å². The van der Waals surface area contributed by atoms with Crippen LogP contribution in [0.2, 0.25) is 0 Å². The molecule has 0 aliphatic carbocycles. The molecule has 1 aromatic heterocycles. The second-order valence-electron chi connectivity index (χ2n) is 7.16. The molecule has 0 bridgehead atoms. The van der Waals surface area contributed by atoms with Gasteiger partial charge >= 0.3 is 0 Å². The number of benzene rings is 1. The molecule has 3 atom stereocenters. The summed E-state index contributed by atoms with van der Waals surface area (Å²) in [6, 6.07) is 16.2. The lowest BCUT2D eigenvalue weighted by atomic mass is 9.93. The number of pyridine rings is 1. The summed E-state index contributed by atoms with van der Waals surface area (Å²) < 4.78 is 0. The summed E-state index contributed by atoms with van der Waals surface area (Å²) in [6.45, 7) is 6.76. The van der Waals surface area contributed by atoms with Gasteiger partial charge in [-0.1, -0.05) is 62.9 Å². The van der Waals surface area contributed by atoms with E-state index in [0.717, 1.165) is 17.9 Å². The average Bonchev–Trinajstić information content (AvgIpc) is 3.21. The molecule has 1 fully saturated rings. The van der Waals surface area contributed by atoms with E-state index >= 15 is 0 Å². The van der Waals surface area contributed by atoms with Crippen molar-refractivity contribution in [2.75, 3.05) is 5.75 Å². The quantitative estimate of drug-likeness (QED) is 0.759. The Hall–Kier alpha value is -1.81. The van der Waals surface area contributed by atoms with Gasteiger partial charge in [0.05, 0.1) is 11.7 Å². The molecule has 0 spiro atoms.